The molecule has 356 valence electrons. The van der Waals surface area contributed by atoms with Gasteiger partial charge in [0.2, 0.25) is 5.91 Å². The van der Waals surface area contributed by atoms with Crippen LogP contribution >= 0.6 is 0 Å². The number of aliphatic hydroxyl groups is 4. The molecular formula is C54H105NO5. The van der Waals surface area contributed by atoms with Gasteiger partial charge < -0.3 is 25.7 Å². The Morgan fingerprint density at radius 2 is 0.700 bits per heavy atom. The van der Waals surface area contributed by atoms with Crippen molar-refractivity contribution in [2.24, 2.45) is 0 Å². The highest BCUT2D eigenvalue weighted by molar-refractivity contribution is 5.80. The number of amides is 1. The smallest absolute Gasteiger partial charge is 0.249 e. The van der Waals surface area contributed by atoms with Crippen molar-refractivity contribution in [1.29, 1.82) is 0 Å². The van der Waals surface area contributed by atoms with Gasteiger partial charge in [0.25, 0.3) is 0 Å². The van der Waals surface area contributed by atoms with E-state index in [4.69, 9.17) is 0 Å². The Morgan fingerprint density at radius 1 is 0.400 bits per heavy atom. The average Bonchev–Trinajstić information content (AvgIpc) is 3.25. The maximum absolute atomic E-state index is 12.6. The summed E-state index contributed by atoms with van der Waals surface area (Å²) >= 11 is 0. The number of unbranched alkanes of at least 4 members (excludes halogenated alkanes) is 36. The van der Waals surface area contributed by atoms with E-state index in [0.29, 0.717) is 19.3 Å². The number of carbonyl (C=O) groups is 1. The zero-order valence-corrected chi connectivity index (χ0v) is 40.2. The molecule has 0 saturated carbocycles. The van der Waals surface area contributed by atoms with E-state index in [1.165, 1.54) is 212 Å². The number of carbonyl (C=O) groups excluding carboxylic acids is 1. The molecule has 1 amide bonds. The highest BCUT2D eigenvalue weighted by Crippen LogP contribution is 2.17. The third-order valence-electron chi connectivity index (χ3n) is 12.6. The molecule has 0 aliphatic carbocycles. The molecule has 0 radical (unpaired) electrons. The molecule has 0 saturated heterocycles. The Kier molecular flexibility index (Phi) is 47.8. The number of aliphatic hydroxyl groups excluding tert-OH is 4. The third kappa shape index (κ3) is 42.1. The van der Waals surface area contributed by atoms with Gasteiger partial charge in [-0.25, -0.2) is 0 Å². The Bertz CT molecular complexity index is 909. The first kappa shape index (κ1) is 58.8. The summed E-state index contributed by atoms with van der Waals surface area (Å²) in [4.78, 5) is 12.6. The number of allylic oxidation sites excluding steroid dienone is 4. The fourth-order valence-electron chi connectivity index (χ4n) is 8.42. The Balaban J connectivity index is 3.68. The molecule has 0 spiro atoms. The quantitative estimate of drug-likeness (QED) is 0.0309. The van der Waals surface area contributed by atoms with Gasteiger partial charge in [-0.3, -0.25) is 4.79 Å². The summed E-state index contributed by atoms with van der Waals surface area (Å²) < 4.78 is 0. The first-order chi connectivity index (χ1) is 29.5. The topological polar surface area (TPSA) is 110 Å². The zero-order valence-electron chi connectivity index (χ0n) is 40.2. The lowest BCUT2D eigenvalue weighted by Crippen LogP contribution is -2.53. The lowest BCUT2D eigenvalue weighted by Gasteiger charge is -2.27. The largest absolute Gasteiger partial charge is 0.394 e. The summed E-state index contributed by atoms with van der Waals surface area (Å²) in [7, 11) is 0. The standard InChI is InChI=1S/C54H105NO5/c1-3-5-7-9-11-13-15-17-19-21-22-23-24-25-26-27-28-29-30-32-33-35-37-39-41-43-45-47-51(57)53(59)50(49-56)55-54(60)52(58)48-46-44-42-40-38-36-34-31-20-18-16-14-12-10-8-6-4-2/h32-33,39,41,50-53,56-59H,3-31,34-38,40,42-49H2,1-2H3,(H,55,60)/b33-32+,41-39+. The maximum atomic E-state index is 12.6. The van der Waals surface area contributed by atoms with Crippen LogP contribution in [0.15, 0.2) is 24.3 Å². The predicted molar refractivity (Wildman–Crippen MR) is 261 cm³/mol. The molecule has 0 rings (SSSR count). The van der Waals surface area contributed by atoms with E-state index in [1.54, 1.807) is 0 Å². The highest BCUT2D eigenvalue weighted by Gasteiger charge is 2.28. The molecule has 0 bridgehead atoms. The normalized spacial score (nSPS) is 14.0. The van der Waals surface area contributed by atoms with Crippen molar-refractivity contribution in [2.45, 2.75) is 308 Å². The van der Waals surface area contributed by atoms with Gasteiger partial charge in [0.05, 0.1) is 18.8 Å². The van der Waals surface area contributed by atoms with E-state index < -0.39 is 36.9 Å². The second-order valence-electron chi connectivity index (χ2n) is 18.6. The molecule has 60 heavy (non-hydrogen) atoms. The van der Waals surface area contributed by atoms with Gasteiger partial charge in [-0.2, -0.15) is 0 Å². The fourth-order valence-corrected chi connectivity index (χ4v) is 8.42. The van der Waals surface area contributed by atoms with Crippen molar-refractivity contribution in [3.05, 3.63) is 24.3 Å². The predicted octanol–water partition coefficient (Wildman–Crippen LogP) is 15.1. The molecule has 0 aromatic heterocycles. The molecule has 0 aromatic carbocycles. The van der Waals surface area contributed by atoms with Crippen LogP contribution in [-0.2, 0) is 4.79 Å². The first-order valence-electron chi connectivity index (χ1n) is 26.7. The molecule has 0 aliphatic rings. The summed E-state index contributed by atoms with van der Waals surface area (Å²) in [6.45, 7) is 4.07. The molecule has 6 nitrogen and oxygen atoms in total. The van der Waals surface area contributed by atoms with Crippen LogP contribution in [0.4, 0.5) is 0 Å². The molecular weight excluding hydrogens is 743 g/mol. The van der Waals surface area contributed by atoms with Crippen LogP contribution < -0.4 is 5.32 Å². The SMILES string of the molecule is CCCCCCCCCCCCCCCCCCCC/C=C/CC/C=C/CCCC(O)C(O)C(CO)NC(=O)C(O)CCCCCCCCCCCCCCCCCCC. The summed E-state index contributed by atoms with van der Waals surface area (Å²) in [5.74, 6) is -0.593. The summed E-state index contributed by atoms with van der Waals surface area (Å²) in [5, 5.41) is 43.9. The van der Waals surface area contributed by atoms with Crippen molar-refractivity contribution < 1.29 is 25.2 Å². The Labute approximate surface area is 374 Å². The van der Waals surface area contributed by atoms with Gasteiger partial charge in [0.15, 0.2) is 0 Å². The molecule has 0 aromatic rings. The van der Waals surface area contributed by atoms with Crippen LogP contribution in [0.25, 0.3) is 0 Å². The fraction of sp³-hybridized carbons (Fsp3) is 0.907. The minimum Gasteiger partial charge on any atom is -0.394 e. The van der Waals surface area contributed by atoms with Crippen LogP contribution in [0.1, 0.15) is 284 Å². The van der Waals surface area contributed by atoms with E-state index in [2.05, 4.69) is 43.5 Å². The van der Waals surface area contributed by atoms with E-state index in [1.807, 2.05) is 0 Å². The highest BCUT2D eigenvalue weighted by atomic mass is 16.3. The van der Waals surface area contributed by atoms with Crippen molar-refractivity contribution in [2.75, 3.05) is 6.61 Å². The lowest BCUT2D eigenvalue weighted by atomic mass is 10.00. The van der Waals surface area contributed by atoms with Gasteiger partial charge in [0.1, 0.15) is 12.2 Å². The molecule has 0 aliphatic heterocycles. The zero-order chi connectivity index (χ0) is 43.8. The Morgan fingerprint density at radius 3 is 1.05 bits per heavy atom. The number of rotatable bonds is 49. The van der Waals surface area contributed by atoms with Crippen LogP contribution in [0, 0.1) is 0 Å². The van der Waals surface area contributed by atoms with Crippen molar-refractivity contribution in [1.82, 2.24) is 5.32 Å². The van der Waals surface area contributed by atoms with Crippen LogP contribution in [0.2, 0.25) is 0 Å². The van der Waals surface area contributed by atoms with E-state index in [0.717, 1.165) is 38.5 Å². The molecule has 6 heteroatoms. The van der Waals surface area contributed by atoms with Gasteiger partial charge in [0, 0.05) is 0 Å². The van der Waals surface area contributed by atoms with Crippen molar-refractivity contribution >= 4 is 5.91 Å². The van der Waals surface area contributed by atoms with Crippen molar-refractivity contribution in [3.8, 4) is 0 Å². The van der Waals surface area contributed by atoms with Crippen LogP contribution in [0.3, 0.4) is 0 Å². The summed E-state index contributed by atoms with van der Waals surface area (Å²) in [6, 6.07) is -1.01. The van der Waals surface area contributed by atoms with Gasteiger partial charge in [-0.1, -0.05) is 256 Å². The van der Waals surface area contributed by atoms with Gasteiger partial charge in [-0.05, 0) is 51.4 Å². The molecule has 5 N–H and O–H groups in total. The molecule has 4 atom stereocenters. The second kappa shape index (κ2) is 48.8. The number of nitrogens with one attached hydrogen (secondary N) is 1. The minimum atomic E-state index is -1.29. The summed E-state index contributed by atoms with van der Waals surface area (Å²) in [5.41, 5.74) is 0. The monoisotopic (exact) mass is 848 g/mol. The first-order valence-corrected chi connectivity index (χ1v) is 26.7. The minimum absolute atomic E-state index is 0.364. The molecule has 4 unspecified atom stereocenters. The van der Waals surface area contributed by atoms with Crippen LogP contribution in [0.5, 0.6) is 0 Å². The molecule has 0 heterocycles. The van der Waals surface area contributed by atoms with Gasteiger partial charge >= 0.3 is 0 Å². The summed E-state index contributed by atoms with van der Waals surface area (Å²) in [6.07, 6.45) is 58.1. The Hall–Kier alpha value is -1.21. The maximum Gasteiger partial charge on any atom is 0.249 e. The number of hydrogen-bond acceptors (Lipinski definition) is 5. The lowest BCUT2D eigenvalue weighted by molar-refractivity contribution is -0.132. The van der Waals surface area contributed by atoms with E-state index in [-0.39, 0.29) is 0 Å². The average molecular weight is 848 g/mol. The third-order valence-corrected chi connectivity index (χ3v) is 12.6. The van der Waals surface area contributed by atoms with Gasteiger partial charge in [-0.15, -0.1) is 0 Å². The number of hydrogen-bond donors (Lipinski definition) is 5. The molecule has 0 fully saturated rings. The van der Waals surface area contributed by atoms with Crippen LogP contribution in [-0.4, -0.2) is 57.3 Å². The van der Waals surface area contributed by atoms with Crippen molar-refractivity contribution in [3.63, 3.8) is 0 Å². The van der Waals surface area contributed by atoms with E-state index in [9.17, 15) is 25.2 Å². The second-order valence-corrected chi connectivity index (χ2v) is 18.6. The van der Waals surface area contributed by atoms with E-state index >= 15 is 0 Å².